The van der Waals surface area contributed by atoms with Crippen molar-refractivity contribution >= 4 is 11.6 Å². The highest BCUT2D eigenvalue weighted by molar-refractivity contribution is 5.95. The fourth-order valence-corrected chi connectivity index (χ4v) is 1.80. The lowest BCUT2D eigenvalue weighted by atomic mass is 10.1. The minimum atomic E-state index is -0.481. The van der Waals surface area contributed by atoms with Crippen molar-refractivity contribution in [3.63, 3.8) is 0 Å². The van der Waals surface area contributed by atoms with Crippen molar-refractivity contribution in [1.82, 2.24) is 4.90 Å². The molecule has 0 heterocycles. The second kappa shape index (κ2) is 4.12. The molecule has 86 valence electrons. The van der Waals surface area contributed by atoms with E-state index in [2.05, 4.69) is 0 Å². The first-order valence-corrected chi connectivity index (χ1v) is 5.49. The third kappa shape index (κ3) is 2.01. The molecule has 0 aliphatic heterocycles. The molecule has 1 fully saturated rings. The second-order valence-corrected chi connectivity index (χ2v) is 4.06. The van der Waals surface area contributed by atoms with Crippen LogP contribution >= 0.6 is 0 Å². The topological polar surface area (TPSA) is 46.3 Å². The molecule has 3 nitrogen and oxygen atoms in total. The molecule has 4 heteroatoms. The number of carbonyl (C=O) groups excluding carboxylic acids is 1. The Morgan fingerprint density at radius 2 is 2.25 bits per heavy atom. The van der Waals surface area contributed by atoms with Crippen molar-refractivity contribution < 1.29 is 9.18 Å². The molecule has 0 spiro atoms. The van der Waals surface area contributed by atoms with Crippen LogP contribution in [0, 0.1) is 5.82 Å². The highest BCUT2D eigenvalue weighted by Gasteiger charge is 2.31. The van der Waals surface area contributed by atoms with E-state index in [1.54, 1.807) is 0 Å². The van der Waals surface area contributed by atoms with Crippen molar-refractivity contribution in [3.8, 4) is 0 Å². The van der Waals surface area contributed by atoms with Gasteiger partial charge in [0.25, 0.3) is 5.91 Å². The lowest BCUT2D eigenvalue weighted by Gasteiger charge is -2.20. The number of amides is 1. The normalized spacial score (nSPS) is 14.9. The maximum atomic E-state index is 13.0. The molecular weight excluding hydrogens is 207 g/mol. The van der Waals surface area contributed by atoms with E-state index in [4.69, 9.17) is 5.73 Å². The van der Waals surface area contributed by atoms with Gasteiger partial charge in [-0.2, -0.15) is 0 Å². The summed E-state index contributed by atoms with van der Waals surface area (Å²) in [5, 5.41) is 0. The van der Waals surface area contributed by atoms with Gasteiger partial charge in [0.2, 0.25) is 0 Å². The van der Waals surface area contributed by atoms with Crippen LogP contribution in [0.1, 0.15) is 30.1 Å². The van der Waals surface area contributed by atoms with Crippen LogP contribution in [0.15, 0.2) is 18.2 Å². The first-order chi connectivity index (χ1) is 7.63. The Morgan fingerprint density at radius 1 is 1.56 bits per heavy atom. The van der Waals surface area contributed by atoms with Crippen LogP contribution in [-0.2, 0) is 0 Å². The molecule has 0 radical (unpaired) electrons. The number of halogens is 1. The van der Waals surface area contributed by atoms with Gasteiger partial charge in [-0.1, -0.05) is 0 Å². The highest BCUT2D eigenvalue weighted by Crippen LogP contribution is 2.28. The number of rotatable bonds is 3. The van der Waals surface area contributed by atoms with Crippen LogP contribution in [0.5, 0.6) is 0 Å². The van der Waals surface area contributed by atoms with E-state index in [9.17, 15) is 9.18 Å². The predicted molar refractivity (Wildman–Crippen MR) is 60.5 cm³/mol. The van der Waals surface area contributed by atoms with Gasteiger partial charge in [0, 0.05) is 18.2 Å². The van der Waals surface area contributed by atoms with E-state index in [0.29, 0.717) is 18.2 Å². The van der Waals surface area contributed by atoms with Crippen molar-refractivity contribution in [2.45, 2.75) is 25.8 Å². The maximum absolute atomic E-state index is 13.0. The van der Waals surface area contributed by atoms with E-state index in [-0.39, 0.29) is 11.6 Å². The van der Waals surface area contributed by atoms with Gasteiger partial charge >= 0.3 is 0 Å². The van der Waals surface area contributed by atoms with Crippen molar-refractivity contribution in [2.24, 2.45) is 0 Å². The first kappa shape index (κ1) is 10.9. The molecule has 0 bridgehead atoms. The van der Waals surface area contributed by atoms with Gasteiger partial charge in [0.1, 0.15) is 5.82 Å². The third-order valence-corrected chi connectivity index (χ3v) is 2.83. The molecule has 0 saturated heterocycles. The predicted octanol–water partition coefficient (Wildman–Crippen LogP) is 2.03. The Kier molecular flexibility index (Phi) is 2.81. The summed E-state index contributed by atoms with van der Waals surface area (Å²) >= 11 is 0. The van der Waals surface area contributed by atoms with Crippen LogP contribution in [0.3, 0.4) is 0 Å². The van der Waals surface area contributed by atoms with Crippen molar-refractivity contribution in [3.05, 3.63) is 29.6 Å². The van der Waals surface area contributed by atoms with E-state index in [1.165, 1.54) is 18.2 Å². The molecule has 16 heavy (non-hydrogen) atoms. The third-order valence-electron chi connectivity index (χ3n) is 2.83. The van der Waals surface area contributed by atoms with Gasteiger partial charge < -0.3 is 10.6 Å². The van der Waals surface area contributed by atoms with E-state index >= 15 is 0 Å². The fourth-order valence-electron chi connectivity index (χ4n) is 1.80. The zero-order valence-electron chi connectivity index (χ0n) is 9.24. The minimum Gasteiger partial charge on any atom is -0.396 e. The van der Waals surface area contributed by atoms with E-state index in [0.717, 1.165) is 12.8 Å². The molecule has 1 saturated carbocycles. The Balaban J connectivity index is 2.22. The largest absolute Gasteiger partial charge is 0.396 e. The number of nitrogens with zero attached hydrogens (tertiary/aromatic N) is 1. The fraction of sp³-hybridized carbons (Fsp3) is 0.417. The zero-order chi connectivity index (χ0) is 11.7. The molecule has 1 aromatic rings. The maximum Gasteiger partial charge on any atom is 0.254 e. The molecule has 0 aromatic heterocycles. The minimum absolute atomic E-state index is 0.0256. The standard InChI is InChI=1S/C12H15FN2O/c1-2-15(9-4-5-9)12(16)8-3-6-10(13)11(14)7-8/h3,6-7,9H,2,4-5,14H2,1H3. The van der Waals surface area contributed by atoms with Crippen molar-refractivity contribution in [1.29, 1.82) is 0 Å². The van der Waals surface area contributed by atoms with Crippen LogP contribution in [0.2, 0.25) is 0 Å². The second-order valence-electron chi connectivity index (χ2n) is 4.06. The van der Waals surface area contributed by atoms with Gasteiger partial charge in [-0.3, -0.25) is 4.79 Å². The Labute approximate surface area is 94.0 Å². The smallest absolute Gasteiger partial charge is 0.254 e. The number of carbonyl (C=O) groups is 1. The summed E-state index contributed by atoms with van der Waals surface area (Å²) in [5.74, 6) is -0.539. The van der Waals surface area contributed by atoms with Gasteiger partial charge in [-0.15, -0.1) is 0 Å². The van der Waals surface area contributed by atoms with Gasteiger partial charge in [0.05, 0.1) is 5.69 Å². The summed E-state index contributed by atoms with van der Waals surface area (Å²) in [7, 11) is 0. The van der Waals surface area contributed by atoms with Crippen LogP contribution in [0.25, 0.3) is 0 Å². The number of hydrogen-bond donors (Lipinski definition) is 1. The summed E-state index contributed by atoms with van der Waals surface area (Å²) in [6.45, 7) is 2.63. The van der Waals surface area contributed by atoms with Crippen LogP contribution in [-0.4, -0.2) is 23.4 Å². The van der Waals surface area contributed by atoms with Gasteiger partial charge in [-0.05, 0) is 38.0 Å². The molecule has 1 aromatic carbocycles. The van der Waals surface area contributed by atoms with Gasteiger partial charge in [-0.25, -0.2) is 4.39 Å². The molecule has 2 rings (SSSR count). The zero-order valence-corrected chi connectivity index (χ0v) is 9.24. The van der Waals surface area contributed by atoms with E-state index < -0.39 is 5.82 Å². The number of hydrogen-bond acceptors (Lipinski definition) is 2. The number of nitrogen functional groups attached to an aromatic ring is 1. The molecule has 1 amide bonds. The molecule has 1 aliphatic carbocycles. The van der Waals surface area contributed by atoms with Crippen molar-refractivity contribution in [2.75, 3.05) is 12.3 Å². The molecule has 1 aliphatic rings. The lowest BCUT2D eigenvalue weighted by molar-refractivity contribution is 0.0752. The number of nitrogens with two attached hydrogens (primary N) is 1. The highest BCUT2D eigenvalue weighted by atomic mass is 19.1. The Morgan fingerprint density at radius 3 is 2.75 bits per heavy atom. The molecule has 0 unspecified atom stereocenters. The summed E-state index contributed by atoms with van der Waals surface area (Å²) in [6.07, 6.45) is 2.13. The molecule has 0 atom stereocenters. The summed E-state index contributed by atoms with van der Waals surface area (Å²) in [6, 6.07) is 4.49. The Hall–Kier alpha value is -1.58. The van der Waals surface area contributed by atoms with Crippen LogP contribution in [0.4, 0.5) is 10.1 Å². The number of anilines is 1. The quantitative estimate of drug-likeness (QED) is 0.795. The number of benzene rings is 1. The average molecular weight is 222 g/mol. The Bertz CT molecular complexity index is 415. The SMILES string of the molecule is CCN(C(=O)c1ccc(F)c(N)c1)C1CC1. The van der Waals surface area contributed by atoms with Gasteiger partial charge in [0.15, 0.2) is 0 Å². The summed E-state index contributed by atoms with van der Waals surface area (Å²) in [4.78, 5) is 13.9. The summed E-state index contributed by atoms with van der Waals surface area (Å²) in [5.41, 5.74) is 5.94. The van der Waals surface area contributed by atoms with E-state index in [1.807, 2.05) is 11.8 Å². The molecular formula is C12H15FN2O. The monoisotopic (exact) mass is 222 g/mol. The van der Waals surface area contributed by atoms with Crippen LogP contribution < -0.4 is 5.73 Å². The average Bonchev–Trinajstić information content (AvgIpc) is 3.07. The lowest BCUT2D eigenvalue weighted by Crippen LogP contribution is -2.32. The summed E-state index contributed by atoms with van der Waals surface area (Å²) < 4.78 is 13.0. The first-order valence-electron chi connectivity index (χ1n) is 5.49. The molecule has 2 N–H and O–H groups in total.